The fourth-order valence-corrected chi connectivity index (χ4v) is 2.84. The maximum absolute atomic E-state index is 12.4. The van der Waals surface area contributed by atoms with Gasteiger partial charge in [-0.25, -0.2) is 0 Å². The molecule has 0 aliphatic heterocycles. The summed E-state index contributed by atoms with van der Waals surface area (Å²) in [6, 6.07) is 24.4. The Labute approximate surface area is 178 Å². The minimum absolute atomic E-state index is 0.154. The van der Waals surface area contributed by atoms with Crippen molar-refractivity contribution in [2.24, 2.45) is 0 Å². The van der Waals surface area contributed by atoms with E-state index in [1.54, 1.807) is 18.2 Å². The van der Waals surface area contributed by atoms with Gasteiger partial charge in [0.2, 0.25) is 0 Å². The molecule has 162 valence electrons. The molecule has 0 heterocycles. The van der Waals surface area contributed by atoms with Gasteiger partial charge >= 0.3 is 12.1 Å². The Bertz CT molecular complexity index is 915. The number of nitrogens with one attached hydrogen (secondary N) is 1. The highest BCUT2D eigenvalue weighted by Gasteiger charge is 2.38. The molecular weight excluding hydrogens is 407 g/mol. The van der Waals surface area contributed by atoms with E-state index in [1.807, 2.05) is 66.0 Å². The Hall–Kier alpha value is -3.48. The Morgan fingerprint density at radius 2 is 1.23 bits per heavy atom. The van der Waals surface area contributed by atoms with E-state index in [2.05, 4.69) is 0 Å². The van der Waals surface area contributed by atoms with Crippen LogP contribution < -0.4 is 14.8 Å². The van der Waals surface area contributed by atoms with Crippen molar-refractivity contribution in [3.8, 4) is 11.5 Å². The van der Waals surface area contributed by atoms with Gasteiger partial charge < -0.3 is 14.8 Å². The summed E-state index contributed by atoms with van der Waals surface area (Å²) in [5.41, 5.74) is 2.66. The number of ether oxygens (including phenoxy) is 2. The molecule has 3 aromatic rings. The predicted molar refractivity (Wildman–Crippen MR) is 111 cm³/mol. The molecule has 3 aromatic carbocycles. The van der Waals surface area contributed by atoms with Gasteiger partial charge in [-0.05, 0) is 35.2 Å². The second-order valence-electron chi connectivity index (χ2n) is 6.86. The lowest BCUT2D eigenvalue weighted by Gasteiger charge is -2.13. The summed E-state index contributed by atoms with van der Waals surface area (Å²) >= 11 is 0. The predicted octanol–water partition coefficient (Wildman–Crippen LogP) is 5.07. The molecule has 0 spiro atoms. The van der Waals surface area contributed by atoms with Crippen LogP contribution in [0.4, 0.5) is 13.2 Å². The number of rotatable bonds is 9. The van der Waals surface area contributed by atoms with Crippen LogP contribution in [0.1, 0.15) is 16.7 Å². The van der Waals surface area contributed by atoms with Gasteiger partial charge in [0.1, 0.15) is 24.7 Å². The van der Waals surface area contributed by atoms with Gasteiger partial charge in [-0.1, -0.05) is 60.7 Å². The molecule has 1 N–H and O–H groups in total. The molecule has 0 saturated heterocycles. The molecule has 0 atom stereocenters. The maximum Gasteiger partial charge on any atom is 0.471 e. The van der Waals surface area contributed by atoms with Crippen LogP contribution in [0, 0.1) is 0 Å². The number of amides is 1. The quantitative estimate of drug-likeness (QED) is 0.517. The average Bonchev–Trinajstić information content (AvgIpc) is 2.77. The van der Waals surface area contributed by atoms with Gasteiger partial charge in [0.25, 0.3) is 0 Å². The van der Waals surface area contributed by atoms with Crippen molar-refractivity contribution in [3.63, 3.8) is 0 Å². The molecule has 0 saturated carbocycles. The summed E-state index contributed by atoms with van der Waals surface area (Å²) in [6.45, 7) is 0.527. The average molecular weight is 429 g/mol. The highest BCUT2D eigenvalue weighted by molar-refractivity contribution is 5.81. The van der Waals surface area contributed by atoms with Crippen LogP contribution >= 0.6 is 0 Å². The lowest BCUT2D eigenvalue weighted by molar-refractivity contribution is -0.173. The molecule has 3 rings (SSSR count). The monoisotopic (exact) mass is 429 g/mol. The van der Waals surface area contributed by atoms with Crippen LogP contribution in [0.3, 0.4) is 0 Å². The standard InChI is InChI=1S/C24H22F3NO3/c25-24(26,27)23(29)28-12-11-20-13-21(30-16-18-7-3-1-4-8-18)15-22(14-20)31-17-19-9-5-2-6-10-19/h1-10,13-15H,11-12,16-17H2,(H,28,29). The zero-order chi connectivity index (χ0) is 22.1. The van der Waals surface area contributed by atoms with Gasteiger partial charge in [0, 0.05) is 12.6 Å². The lowest BCUT2D eigenvalue weighted by Crippen LogP contribution is -2.37. The molecular formula is C24H22F3NO3. The normalized spacial score (nSPS) is 11.1. The second-order valence-corrected chi connectivity index (χ2v) is 6.86. The Morgan fingerprint density at radius 3 is 1.68 bits per heavy atom. The molecule has 7 heteroatoms. The van der Waals surface area contributed by atoms with Crippen LogP contribution in [-0.2, 0) is 24.4 Å². The summed E-state index contributed by atoms with van der Waals surface area (Å²) in [5.74, 6) is -0.886. The van der Waals surface area contributed by atoms with Crippen LogP contribution in [0.2, 0.25) is 0 Å². The van der Waals surface area contributed by atoms with Crippen LogP contribution in [0.5, 0.6) is 11.5 Å². The van der Waals surface area contributed by atoms with Gasteiger partial charge in [0.05, 0.1) is 0 Å². The highest BCUT2D eigenvalue weighted by Crippen LogP contribution is 2.25. The van der Waals surface area contributed by atoms with Crippen molar-refractivity contribution in [3.05, 3.63) is 95.6 Å². The van der Waals surface area contributed by atoms with Crippen LogP contribution in [-0.4, -0.2) is 18.6 Å². The number of halogens is 3. The molecule has 0 aromatic heterocycles. The van der Waals surface area contributed by atoms with E-state index in [1.165, 1.54) is 0 Å². The molecule has 0 unspecified atom stereocenters. The smallest absolute Gasteiger partial charge is 0.471 e. The Morgan fingerprint density at radius 1 is 0.742 bits per heavy atom. The molecule has 0 fully saturated rings. The third-order valence-corrected chi connectivity index (χ3v) is 4.39. The van der Waals surface area contributed by atoms with Crippen molar-refractivity contribution in [2.45, 2.75) is 25.8 Å². The van der Waals surface area contributed by atoms with Crippen molar-refractivity contribution >= 4 is 5.91 Å². The van der Waals surface area contributed by atoms with E-state index in [9.17, 15) is 18.0 Å². The first kappa shape index (κ1) is 22.2. The third-order valence-electron chi connectivity index (χ3n) is 4.39. The molecule has 0 aliphatic carbocycles. The SMILES string of the molecule is O=C(NCCc1cc(OCc2ccccc2)cc(OCc2ccccc2)c1)C(F)(F)F. The maximum atomic E-state index is 12.4. The van der Waals surface area contributed by atoms with E-state index in [4.69, 9.17) is 9.47 Å². The zero-order valence-electron chi connectivity index (χ0n) is 16.7. The van der Waals surface area contributed by atoms with Gasteiger partial charge in [-0.3, -0.25) is 4.79 Å². The van der Waals surface area contributed by atoms with Crippen molar-refractivity contribution in [2.75, 3.05) is 6.54 Å². The summed E-state index contributed by atoms with van der Waals surface area (Å²) < 4.78 is 48.8. The molecule has 4 nitrogen and oxygen atoms in total. The first-order valence-corrected chi connectivity index (χ1v) is 9.72. The fraction of sp³-hybridized carbons (Fsp3) is 0.208. The number of benzene rings is 3. The third kappa shape index (κ3) is 7.37. The Balaban J connectivity index is 1.68. The summed E-state index contributed by atoms with van der Waals surface area (Å²) in [4.78, 5) is 11.0. The van der Waals surface area contributed by atoms with Gasteiger partial charge in [-0.15, -0.1) is 0 Å². The summed E-state index contributed by atoms with van der Waals surface area (Å²) in [6.07, 6.45) is -4.70. The minimum Gasteiger partial charge on any atom is -0.489 e. The topological polar surface area (TPSA) is 47.6 Å². The van der Waals surface area contributed by atoms with E-state index in [0.717, 1.165) is 11.1 Å². The van der Waals surface area contributed by atoms with Crippen molar-refractivity contribution < 1.29 is 27.4 Å². The number of carbonyl (C=O) groups is 1. The molecule has 1 amide bonds. The molecule has 0 bridgehead atoms. The lowest BCUT2D eigenvalue weighted by atomic mass is 10.1. The number of hydrogen-bond acceptors (Lipinski definition) is 3. The number of carbonyl (C=O) groups excluding carboxylic acids is 1. The van der Waals surface area contributed by atoms with Crippen LogP contribution in [0.15, 0.2) is 78.9 Å². The number of hydrogen-bond donors (Lipinski definition) is 1. The van der Waals surface area contributed by atoms with E-state index >= 15 is 0 Å². The minimum atomic E-state index is -4.90. The summed E-state index contributed by atoms with van der Waals surface area (Å²) in [7, 11) is 0. The van der Waals surface area contributed by atoms with Gasteiger partial charge in [0.15, 0.2) is 0 Å². The Kier molecular flexibility index (Phi) is 7.54. The van der Waals surface area contributed by atoms with Gasteiger partial charge in [-0.2, -0.15) is 13.2 Å². The molecule has 0 radical (unpaired) electrons. The first-order valence-electron chi connectivity index (χ1n) is 9.72. The second kappa shape index (κ2) is 10.5. The largest absolute Gasteiger partial charge is 0.489 e. The molecule has 0 aliphatic rings. The fourth-order valence-electron chi connectivity index (χ4n) is 2.84. The summed E-state index contributed by atoms with van der Waals surface area (Å²) in [5, 5.41) is 1.88. The van der Waals surface area contributed by atoms with Crippen molar-refractivity contribution in [1.29, 1.82) is 0 Å². The van der Waals surface area contributed by atoms with E-state index in [-0.39, 0.29) is 13.0 Å². The highest BCUT2D eigenvalue weighted by atomic mass is 19.4. The first-order chi connectivity index (χ1) is 14.9. The van der Waals surface area contributed by atoms with Crippen molar-refractivity contribution in [1.82, 2.24) is 5.32 Å². The zero-order valence-corrected chi connectivity index (χ0v) is 16.7. The number of alkyl halides is 3. The van der Waals surface area contributed by atoms with E-state index < -0.39 is 12.1 Å². The molecule has 31 heavy (non-hydrogen) atoms. The van der Waals surface area contributed by atoms with E-state index in [0.29, 0.717) is 30.3 Å². The van der Waals surface area contributed by atoms with Crippen LogP contribution in [0.25, 0.3) is 0 Å².